The van der Waals surface area contributed by atoms with Gasteiger partial charge in [0, 0.05) is 5.57 Å². The van der Waals surface area contributed by atoms with Crippen LogP contribution in [0.2, 0.25) is 0 Å². The lowest BCUT2D eigenvalue weighted by molar-refractivity contribution is -0.159. The zero-order chi connectivity index (χ0) is 13.0. The molecule has 0 aliphatic heterocycles. The molecule has 0 heterocycles. The molecule has 0 N–H and O–H groups in total. The van der Waals surface area contributed by atoms with Crippen LogP contribution >= 0.6 is 0 Å². The number of fused-ring (bicyclic) bond motifs is 3. The Balaban J connectivity index is 2.09. The third-order valence-electron chi connectivity index (χ3n) is 4.66. The second-order valence-corrected chi connectivity index (χ2v) is 6.25. The minimum absolute atomic E-state index is 0.172. The third kappa shape index (κ3) is 3.37. The summed E-state index contributed by atoms with van der Waals surface area (Å²) in [5.41, 5.74) is 0.361. The topological polar surface area (TPSA) is 26.3 Å². The smallest absolute Gasteiger partial charge is 0.333 e. The molecule has 0 aromatic rings. The molecule has 0 amide bonds. The van der Waals surface area contributed by atoms with E-state index in [4.69, 9.17) is 4.74 Å². The molecular formula is C16H26O2. The van der Waals surface area contributed by atoms with Crippen LogP contribution in [-0.4, -0.2) is 11.6 Å². The van der Waals surface area contributed by atoms with Gasteiger partial charge in [-0.05, 0) is 51.4 Å². The van der Waals surface area contributed by atoms with Crippen LogP contribution in [0, 0.1) is 5.92 Å². The Kier molecular flexibility index (Phi) is 4.47. The van der Waals surface area contributed by atoms with Gasteiger partial charge in [0.05, 0.1) is 0 Å². The van der Waals surface area contributed by atoms with E-state index in [0.29, 0.717) is 5.57 Å². The second kappa shape index (κ2) is 5.90. The highest BCUT2D eigenvalue weighted by Gasteiger charge is 2.36. The van der Waals surface area contributed by atoms with Gasteiger partial charge in [-0.3, -0.25) is 0 Å². The van der Waals surface area contributed by atoms with Crippen LogP contribution in [0.15, 0.2) is 12.2 Å². The summed E-state index contributed by atoms with van der Waals surface area (Å²) in [6.07, 6.45) is 12.2. The van der Waals surface area contributed by atoms with Crippen molar-refractivity contribution in [1.29, 1.82) is 0 Å². The van der Waals surface area contributed by atoms with E-state index in [-0.39, 0.29) is 11.6 Å². The first-order chi connectivity index (χ1) is 8.61. The van der Waals surface area contributed by atoms with Crippen molar-refractivity contribution in [1.82, 2.24) is 0 Å². The molecule has 0 radical (unpaired) electrons. The number of ether oxygens (including phenoxy) is 1. The fourth-order valence-electron chi connectivity index (χ4n) is 3.47. The van der Waals surface area contributed by atoms with E-state index in [9.17, 15) is 4.79 Å². The van der Waals surface area contributed by atoms with Gasteiger partial charge in [-0.25, -0.2) is 4.79 Å². The zero-order valence-corrected chi connectivity index (χ0v) is 11.7. The number of carbonyl (C=O) groups excluding carboxylic acids is 1. The van der Waals surface area contributed by atoms with Crippen LogP contribution in [0.25, 0.3) is 0 Å². The molecule has 0 unspecified atom stereocenters. The Labute approximate surface area is 111 Å². The zero-order valence-electron chi connectivity index (χ0n) is 11.7. The lowest BCUT2D eigenvalue weighted by Crippen LogP contribution is -2.38. The van der Waals surface area contributed by atoms with Crippen LogP contribution in [-0.2, 0) is 9.53 Å². The summed E-state index contributed by atoms with van der Waals surface area (Å²) in [6.45, 7) is 5.45. The van der Waals surface area contributed by atoms with E-state index in [0.717, 1.165) is 25.2 Å². The lowest BCUT2D eigenvalue weighted by Gasteiger charge is -2.39. The van der Waals surface area contributed by atoms with Crippen molar-refractivity contribution in [2.45, 2.75) is 76.7 Å². The van der Waals surface area contributed by atoms with Crippen LogP contribution in [0.1, 0.15) is 71.1 Å². The van der Waals surface area contributed by atoms with Gasteiger partial charge in [-0.2, -0.15) is 0 Å². The number of hydrogen-bond donors (Lipinski definition) is 0. The SMILES string of the molecule is C=C(C)C(=O)OC12CCCCC(CCCC1)CC2. The summed E-state index contributed by atoms with van der Waals surface area (Å²) in [5.74, 6) is 0.682. The molecule has 18 heavy (non-hydrogen) atoms. The quantitative estimate of drug-likeness (QED) is 0.536. The summed E-state index contributed by atoms with van der Waals surface area (Å²) in [4.78, 5) is 11.9. The van der Waals surface area contributed by atoms with Crippen LogP contribution in [0.4, 0.5) is 0 Å². The van der Waals surface area contributed by atoms with E-state index in [2.05, 4.69) is 6.58 Å². The van der Waals surface area contributed by atoms with Crippen molar-refractivity contribution in [2.75, 3.05) is 0 Å². The molecule has 2 saturated carbocycles. The number of esters is 1. The number of carbonyl (C=O) groups is 1. The third-order valence-corrected chi connectivity index (χ3v) is 4.66. The standard InChI is InChI=1S/C16H26O2/c1-13(2)15(17)18-16-10-5-3-7-14(9-12-16)8-4-6-11-16/h14H,1,3-12H2,2H3. The predicted octanol–water partition coefficient (Wildman–Crippen LogP) is 4.39. The maximum atomic E-state index is 11.9. The normalized spacial score (nSPS) is 32.8. The maximum Gasteiger partial charge on any atom is 0.333 e. The fraction of sp³-hybridized carbons (Fsp3) is 0.812. The molecule has 0 saturated heterocycles. The second-order valence-electron chi connectivity index (χ2n) is 6.25. The fourth-order valence-corrected chi connectivity index (χ4v) is 3.47. The molecule has 2 bridgehead atoms. The highest BCUT2D eigenvalue weighted by Crippen LogP contribution is 2.40. The molecule has 2 heteroatoms. The van der Waals surface area contributed by atoms with Crippen molar-refractivity contribution in [3.8, 4) is 0 Å². The first-order valence-electron chi connectivity index (χ1n) is 7.50. The van der Waals surface area contributed by atoms with Crippen molar-refractivity contribution in [2.24, 2.45) is 5.92 Å². The Hall–Kier alpha value is -0.790. The molecule has 2 rings (SSSR count). The van der Waals surface area contributed by atoms with E-state index >= 15 is 0 Å². The van der Waals surface area contributed by atoms with Gasteiger partial charge in [-0.1, -0.05) is 32.3 Å². The van der Waals surface area contributed by atoms with E-state index in [1.165, 1.54) is 44.9 Å². The van der Waals surface area contributed by atoms with Crippen LogP contribution in [0.3, 0.4) is 0 Å². The molecule has 2 nitrogen and oxygen atoms in total. The number of rotatable bonds is 2. The van der Waals surface area contributed by atoms with Gasteiger partial charge in [0.1, 0.15) is 5.60 Å². The van der Waals surface area contributed by atoms with Crippen molar-refractivity contribution < 1.29 is 9.53 Å². The average molecular weight is 250 g/mol. The highest BCUT2D eigenvalue weighted by atomic mass is 16.6. The monoisotopic (exact) mass is 250 g/mol. The first-order valence-corrected chi connectivity index (χ1v) is 7.50. The molecule has 2 aliphatic carbocycles. The summed E-state index contributed by atoms with van der Waals surface area (Å²) in [7, 11) is 0. The van der Waals surface area contributed by atoms with Crippen molar-refractivity contribution in [3.63, 3.8) is 0 Å². The lowest BCUT2D eigenvalue weighted by atomic mass is 9.75. The predicted molar refractivity (Wildman–Crippen MR) is 73.3 cm³/mol. The molecule has 102 valence electrons. The van der Waals surface area contributed by atoms with E-state index < -0.39 is 0 Å². The Morgan fingerprint density at radius 3 is 2.22 bits per heavy atom. The Morgan fingerprint density at radius 1 is 1.06 bits per heavy atom. The summed E-state index contributed by atoms with van der Waals surface area (Å²) in [6, 6.07) is 0. The summed E-state index contributed by atoms with van der Waals surface area (Å²) in [5, 5.41) is 0. The van der Waals surface area contributed by atoms with E-state index in [1.807, 2.05) is 0 Å². The van der Waals surface area contributed by atoms with Gasteiger partial charge >= 0.3 is 5.97 Å². The molecule has 0 spiro atoms. The Bertz CT molecular complexity index is 307. The van der Waals surface area contributed by atoms with Crippen LogP contribution < -0.4 is 0 Å². The minimum atomic E-state index is -0.187. The molecule has 0 atom stereocenters. The molecule has 0 aromatic carbocycles. The van der Waals surface area contributed by atoms with Gasteiger partial charge < -0.3 is 4.74 Å². The largest absolute Gasteiger partial charge is 0.456 e. The highest BCUT2D eigenvalue weighted by molar-refractivity contribution is 5.87. The maximum absolute atomic E-state index is 11.9. The molecular weight excluding hydrogens is 224 g/mol. The summed E-state index contributed by atoms with van der Waals surface area (Å²) < 4.78 is 5.86. The molecule has 0 aromatic heterocycles. The van der Waals surface area contributed by atoms with Crippen molar-refractivity contribution in [3.05, 3.63) is 12.2 Å². The van der Waals surface area contributed by atoms with Gasteiger partial charge in [0.25, 0.3) is 0 Å². The van der Waals surface area contributed by atoms with Gasteiger partial charge in [-0.15, -0.1) is 0 Å². The van der Waals surface area contributed by atoms with Crippen LogP contribution in [0.5, 0.6) is 0 Å². The van der Waals surface area contributed by atoms with Gasteiger partial charge in [0.2, 0.25) is 0 Å². The van der Waals surface area contributed by atoms with Crippen molar-refractivity contribution >= 4 is 5.97 Å². The minimum Gasteiger partial charge on any atom is -0.456 e. The number of hydrogen-bond acceptors (Lipinski definition) is 2. The molecule has 2 aliphatic rings. The first kappa shape index (κ1) is 13.6. The molecule has 2 fully saturated rings. The Morgan fingerprint density at radius 2 is 1.67 bits per heavy atom. The van der Waals surface area contributed by atoms with E-state index in [1.54, 1.807) is 6.92 Å². The summed E-state index contributed by atoms with van der Waals surface area (Å²) >= 11 is 0. The average Bonchev–Trinajstić information content (AvgIpc) is 2.30. The van der Waals surface area contributed by atoms with Gasteiger partial charge in [0.15, 0.2) is 0 Å².